The van der Waals surface area contributed by atoms with Gasteiger partial charge in [0.25, 0.3) is 5.84 Å². The molecular formula is C19H27N2O2+. The molecule has 124 valence electrons. The average molecular weight is 315 g/mol. The summed E-state index contributed by atoms with van der Waals surface area (Å²) in [5, 5.41) is 0. The monoisotopic (exact) mass is 315 g/mol. The van der Waals surface area contributed by atoms with Gasteiger partial charge in [0.2, 0.25) is 0 Å². The maximum Gasteiger partial charge on any atom is 0.323 e. The molecule has 1 aromatic rings. The van der Waals surface area contributed by atoms with E-state index in [-0.39, 0.29) is 6.10 Å². The maximum absolute atomic E-state index is 6.39. The zero-order chi connectivity index (χ0) is 15.7. The number of nitrogens with zero attached hydrogens (tertiary/aromatic N) is 2. The molecule has 2 bridgehead atoms. The van der Waals surface area contributed by atoms with Crippen LogP contribution in [0.1, 0.15) is 37.7 Å². The molecule has 23 heavy (non-hydrogen) atoms. The van der Waals surface area contributed by atoms with E-state index in [1.807, 2.05) is 0 Å². The summed E-state index contributed by atoms with van der Waals surface area (Å²) in [6, 6.07) is 10.7. The van der Waals surface area contributed by atoms with Crippen LogP contribution in [0.25, 0.3) is 0 Å². The van der Waals surface area contributed by atoms with Gasteiger partial charge in [-0.05, 0) is 31.2 Å². The van der Waals surface area contributed by atoms with Gasteiger partial charge in [0.1, 0.15) is 0 Å². The molecule has 3 aliphatic rings. The summed E-state index contributed by atoms with van der Waals surface area (Å²) in [5.41, 5.74) is 1.38. The van der Waals surface area contributed by atoms with Gasteiger partial charge in [-0.25, -0.2) is 4.90 Å². The predicted molar refractivity (Wildman–Crippen MR) is 89.6 cm³/mol. The van der Waals surface area contributed by atoms with Crippen molar-refractivity contribution in [3.8, 4) is 0 Å². The fourth-order valence-corrected chi connectivity index (χ4v) is 4.33. The predicted octanol–water partition coefficient (Wildman–Crippen LogP) is 2.62. The Labute approximate surface area is 138 Å². The second-order valence-corrected chi connectivity index (χ2v) is 6.86. The molecule has 3 heterocycles. The third-order valence-electron chi connectivity index (χ3n) is 5.48. The second kappa shape index (κ2) is 6.25. The van der Waals surface area contributed by atoms with Crippen LogP contribution in [0.2, 0.25) is 0 Å². The molecule has 4 rings (SSSR count). The molecule has 2 atom stereocenters. The number of benzene rings is 1. The average Bonchev–Trinajstić information content (AvgIpc) is 3.19. The van der Waals surface area contributed by atoms with Crippen molar-refractivity contribution in [1.29, 1.82) is 0 Å². The zero-order valence-corrected chi connectivity index (χ0v) is 14.0. The van der Waals surface area contributed by atoms with Crippen molar-refractivity contribution in [3.05, 3.63) is 35.9 Å². The fourth-order valence-electron chi connectivity index (χ4n) is 4.33. The Balaban J connectivity index is 1.63. The number of amidine groups is 1. The van der Waals surface area contributed by atoms with Gasteiger partial charge in [0.15, 0.2) is 6.10 Å². The highest BCUT2D eigenvalue weighted by atomic mass is 16.7. The summed E-state index contributed by atoms with van der Waals surface area (Å²) in [4.78, 5) is 2.43. The molecule has 0 unspecified atom stereocenters. The lowest BCUT2D eigenvalue weighted by Gasteiger charge is -2.32. The van der Waals surface area contributed by atoms with Gasteiger partial charge in [-0.1, -0.05) is 30.3 Å². The van der Waals surface area contributed by atoms with Crippen LogP contribution in [-0.4, -0.2) is 54.1 Å². The fraction of sp³-hybridized carbons (Fsp3) is 0.632. The van der Waals surface area contributed by atoms with Gasteiger partial charge in [0, 0.05) is 20.0 Å². The third kappa shape index (κ3) is 2.68. The van der Waals surface area contributed by atoms with E-state index in [1.165, 1.54) is 30.7 Å². The first-order valence-electron chi connectivity index (χ1n) is 8.99. The number of rotatable bonds is 4. The van der Waals surface area contributed by atoms with E-state index in [0.717, 1.165) is 38.9 Å². The number of methoxy groups -OCH3 is 1. The highest BCUT2D eigenvalue weighted by Crippen LogP contribution is 2.41. The van der Waals surface area contributed by atoms with Crippen molar-refractivity contribution >= 4 is 5.84 Å². The van der Waals surface area contributed by atoms with Gasteiger partial charge in [0.05, 0.1) is 19.6 Å². The normalized spacial score (nSPS) is 30.3. The quantitative estimate of drug-likeness (QED) is 0.799. The van der Waals surface area contributed by atoms with Gasteiger partial charge >= 0.3 is 5.91 Å². The Kier molecular flexibility index (Phi) is 4.12. The van der Waals surface area contributed by atoms with Crippen LogP contribution in [0.4, 0.5) is 0 Å². The molecule has 1 aromatic carbocycles. The molecule has 0 saturated carbocycles. The topological polar surface area (TPSA) is 24.7 Å². The zero-order valence-electron chi connectivity index (χ0n) is 14.0. The molecule has 0 spiro atoms. The molecule has 4 nitrogen and oxygen atoms in total. The Bertz CT molecular complexity index is 578. The summed E-state index contributed by atoms with van der Waals surface area (Å²) in [6.07, 6.45) is 7.10. The second-order valence-electron chi connectivity index (χ2n) is 6.86. The van der Waals surface area contributed by atoms with Crippen molar-refractivity contribution < 1.29 is 14.0 Å². The minimum atomic E-state index is -0.532. The molecule has 0 N–H and O–H groups in total. The van der Waals surface area contributed by atoms with Crippen molar-refractivity contribution in [2.24, 2.45) is 0 Å². The SMILES string of the molecule is CO[C@]12CCC[C@H](O1)C(=[N+]1CCCC1)N2CCc1ccccc1. The summed E-state index contributed by atoms with van der Waals surface area (Å²) in [7, 11) is 1.80. The van der Waals surface area contributed by atoms with Crippen molar-refractivity contribution in [2.75, 3.05) is 26.7 Å². The molecule has 0 aliphatic carbocycles. The molecule has 3 saturated heterocycles. The molecule has 0 amide bonds. The van der Waals surface area contributed by atoms with Gasteiger partial charge < -0.3 is 4.74 Å². The van der Waals surface area contributed by atoms with E-state index >= 15 is 0 Å². The first kappa shape index (κ1) is 15.2. The Morgan fingerprint density at radius 2 is 2.00 bits per heavy atom. The lowest BCUT2D eigenvalue weighted by atomic mass is 10.1. The van der Waals surface area contributed by atoms with Crippen LogP contribution in [0.5, 0.6) is 0 Å². The van der Waals surface area contributed by atoms with E-state index in [9.17, 15) is 0 Å². The Hall–Kier alpha value is -1.39. The van der Waals surface area contributed by atoms with Crippen LogP contribution >= 0.6 is 0 Å². The van der Waals surface area contributed by atoms with Crippen LogP contribution in [-0.2, 0) is 15.9 Å². The minimum absolute atomic E-state index is 0.220. The Morgan fingerprint density at radius 1 is 1.22 bits per heavy atom. The first-order chi connectivity index (χ1) is 11.3. The summed E-state index contributed by atoms with van der Waals surface area (Å²) < 4.78 is 14.8. The van der Waals surface area contributed by atoms with Crippen molar-refractivity contribution in [3.63, 3.8) is 0 Å². The summed E-state index contributed by atoms with van der Waals surface area (Å²) in [5.74, 6) is 0.855. The largest absolute Gasteiger partial charge is 0.323 e. The minimum Gasteiger partial charge on any atom is -0.318 e. The van der Waals surface area contributed by atoms with Crippen LogP contribution in [0.15, 0.2) is 30.3 Å². The van der Waals surface area contributed by atoms with Crippen molar-refractivity contribution in [2.45, 2.75) is 50.5 Å². The maximum atomic E-state index is 6.39. The first-order valence-corrected chi connectivity index (χ1v) is 8.99. The number of ether oxygens (including phenoxy) is 2. The molecule has 3 aliphatic heterocycles. The molecular weight excluding hydrogens is 288 g/mol. The van der Waals surface area contributed by atoms with Crippen LogP contribution in [0, 0.1) is 0 Å². The Morgan fingerprint density at radius 3 is 2.74 bits per heavy atom. The summed E-state index contributed by atoms with van der Waals surface area (Å²) >= 11 is 0. The number of hydrogen-bond acceptors (Lipinski definition) is 2. The molecule has 3 fully saturated rings. The van der Waals surface area contributed by atoms with Gasteiger partial charge in [-0.15, -0.1) is 0 Å². The van der Waals surface area contributed by atoms with E-state index < -0.39 is 5.91 Å². The smallest absolute Gasteiger partial charge is 0.318 e. The van der Waals surface area contributed by atoms with Gasteiger partial charge in [-0.3, -0.25) is 9.31 Å². The highest BCUT2D eigenvalue weighted by Gasteiger charge is 2.60. The molecule has 0 aromatic heterocycles. The number of likely N-dealkylation sites (tertiary alicyclic amines) is 1. The molecule has 0 radical (unpaired) electrons. The van der Waals surface area contributed by atoms with Gasteiger partial charge in [-0.2, -0.15) is 0 Å². The van der Waals surface area contributed by atoms with E-state index in [0.29, 0.717) is 0 Å². The highest BCUT2D eigenvalue weighted by molar-refractivity contribution is 5.85. The summed E-state index contributed by atoms with van der Waals surface area (Å²) in [6.45, 7) is 3.29. The van der Waals surface area contributed by atoms with Crippen molar-refractivity contribution in [1.82, 2.24) is 4.90 Å². The lowest BCUT2D eigenvalue weighted by Crippen LogP contribution is -2.50. The van der Waals surface area contributed by atoms with Crippen LogP contribution < -0.4 is 0 Å². The number of hydrogen-bond donors (Lipinski definition) is 0. The van der Waals surface area contributed by atoms with Crippen LogP contribution in [0.3, 0.4) is 0 Å². The standard InChI is InChI=1S/C19H27N2O2/c1-22-19-12-7-10-17(23-19)18(20-13-5-6-14-20)21(19)15-11-16-8-3-2-4-9-16/h2-4,8-9,17H,5-7,10-15H2,1H3/q+1/t17-,19+/m0/s1. The molecule has 4 heteroatoms. The lowest BCUT2D eigenvalue weighted by molar-refractivity contribution is -0.512. The number of fused-ring (bicyclic) bond motifs is 2. The van der Waals surface area contributed by atoms with E-state index in [1.54, 1.807) is 7.11 Å². The van der Waals surface area contributed by atoms with E-state index in [2.05, 4.69) is 39.8 Å². The third-order valence-corrected chi connectivity index (χ3v) is 5.48. The van der Waals surface area contributed by atoms with E-state index in [4.69, 9.17) is 9.47 Å².